The maximum atomic E-state index is 13.2. The van der Waals surface area contributed by atoms with Crippen molar-refractivity contribution in [2.45, 2.75) is 32.2 Å². The summed E-state index contributed by atoms with van der Waals surface area (Å²) < 4.78 is 13.2. The number of nitrogens with one attached hydrogen (secondary N) is 2. The van der Waals surface area contributed by atoms with Gasteiger partial charge in [0.2, 0.25) is 5.91 Å². The summed E-state index contributed by atoms with van der Waals surface area (Å²) in [6.45, 7) is 2.25. The van der Waals surface area contributed by atoms with Gasteiger partial charge in [-0.05, 0) is 31.9 Å². The number of hydrogen-bond donors (Lipinski definition) is 2. The maximum absolute atomic E-state index is 13.2. The molecule has 1 saturated carbocycles. The van der Waals surface area contributed by atoms with E-state index in [2.05, 4.69) is 10.6 Å². The molecule has 0 aromatic heterocycles. The summed E-state index contributed by atoms with van der Waals surface area (Å²) in [5, 5.41) is 5.99. The van der Waals surface area contributed by atoms with Crippen LogP contribution in [0, 0.1) is 12.7 Å². The van der Waals surface area contributed by atoms with Crippen LogP contribution in [0.3, 0.4) is 0 Å². The second-order valence-corrected chi connectivity index (χ2v) is 4.43. The van der Waals surface area contributed by atoms with Crippen LogP contribution in [-0.4, -0.2) is 18.5 Å². The number of halogens is 1. The molecule has 1 aliphatic carbocycles. The summed E-state index contributed by atoms with van der Waals surface area (Å²) in [7, 11) is 0. The van der Waals surface area contributed by atoms with E-state index in [1.807, 2.05) is 6.07 Å². The summed E-state index contributed by atoms with van der Waals surface area (Å²) in [5.74, 6) is -0.161. The first-order chi connectivity index (χ1) is 8.16. The van der Waals surface area contributed by atoms with Crippen molar-refractivity contribution in [1.82, 2.24) is 5.32 Å². The number of carbonyl (C=O) groups excluding carboxylic acids is 1. The Bertz CT molecular complexity index is 416. The number of carbonyl (C=O) groups is 1. The summed E-state index contributed by atoms with van der Waals surface area (Å²) in [5.41, 5.74) is 1.35. The van der Waals surface area contributed by atoms with Crippen molar-refractivity contribution in [2.75, 3.05) is 11.9 Å². The fourth-order valence-corrected chi connectivity index (χ4v) is 1.64. The van der Waals surface area contributed by atoms with Gasteiger partial charge in [-0.3, -0.25) is 4.79 Å². The van der Waals surface area contributed by atoms with Crippen LogP contribution in [-0.2, 0) is 4.79 Å². The molecule has 0 saturated heterocycles. The van der Waals surface area contributed by atoms with E-state index < -0.39 is 0 Å². The van der Waals surface area contributed by atoms with Crippen molar-refractivity contribution in [2.24, 2.45) is 0 Å². The molecule has 1 fully saturated rings. The average Bonchev–Trinajstić information content (AvgIpc) is 3.08. The lowest BCUT2D eigenvalue weighted by atomic mass is 10.2. The van der Waals surface area contributed by atoms with Gasteiger partial charge in [-0.25, -0.2) is 4.39 Å². The van der Waals surface area contributed by atoms with Gasteiger partial charge in [0, 0.05) is 30.3 Å². The number of amides is 1. The van der Waals surface area contributed by atoms with Gasteiger partial charge in [0.05, 0.1) is 0 Å². The van der Waals surface area contributed by atoms with E-state index in [-0.39, 0.29) is 11.7 Å². The van der Waals surface area contributed by atoms with Gasteiger partial charge in [0.1, 0.15) is 5.82 Å². The molecule has 3 nitrogen and oxygen atoms in total. The number of rotatable bonds is 5. The Morgan fingerprint density at radius 1 is 1.47 bits per heavy atom. The molecule has 0 spiro atoms. The van der Waals surface area contributed by atoms with Crippen LogP contribution >= 0.6 is 0 Å². The molecule has 17 heavy (non-hydrogen) atoms. The summed E-state index contributed by atoms with van der Waals surface area (Å²) >= 11 is 0. The SMILES string of the molecule is Cc1c(F)cccc1NCCC(=O)NC1CC1. The van der Waals surface area contributed by atoms with Gasteiger partial charge in [-0.15, -0.1) is 0 Å². The predicted molar refractivity (Wildman–Crippen MR) is 65.4 cm³/mol. The number of anilines is 1. The lowest BCUT2D eigenvalue weighted by molar-refractivity contribution is -0.120. The third kappa shape index (κ3) is 3.44. The van der Waals surface area contributed by atoms with Crippen LogP contribution in [0.5, 0.6) is 0 Å². The lowest BCUT2D eigenvalue weighted by Gasteiger charge is -2.09. The molecule has 92 valence electrons. The molecule has 1 aliphatic rings. The molecule has 2 N–H and O–H groups in total. The standard InChI is InChI=1S/C13H17FN2O/c1-9-11(14)3-2-4-12(9)15-8-7-13(17)16-10-5-6-10/h2-4,10,15H,5-8H2,1H3,(H,16,17). The number of hydrogen-bond acceptors (Lipinski definition) is 2. The first-order valence-electron chi connectivity index (χ1n) is 5.95. The molecule has 0 bridgehead atoms. The van der Waals surface area contributed by atoms with Crippen molar-refractivity contribution in [3.63, 3.8) is 0 Å². The van der Waals surface area contributed by atoms with Gasteiger partial charge in [0.15, 0.2) is 0 Å². The van der Waals surface area contributed by atoms with E-state index in [0.717, 1.165) is 18.5 Å². The Morgan fingerprint density at radius 2 is 2.24 bits per heavy atom. The highest BCUT2D eigenvalue weighted by atomic mass is 19.1. The molecule has 0 atom stereocenters. The van der Waals surface area contributed by atoms with Crippen molar-refractivity contribution in [3.05, 3.63) is 29.6 Å². The highest BCUT2D eigenvalue weighted by Gasteiger charge is 2.22. The minimum Gasteiger partial charge on any atom is -0.384 e. The first kappa shape index (κ1) is 11.9. The minimum absolute atomic E-state index is 0.0639. The fourth-order valence-electron chi connectivity index (χ4n) is 1.64. The van der Waals surface area contributed by atoms with E-state index in [0.29, 0.717) is 24.6 Å². The van der Waals surface area contributed by atoms with E-state index in [9.17, 15) is 9.18 Å². The smallest absolute Gasteiger partial charge is 0.221 e. The molecule has 1 amide bonds. The minimum atomic E-state index is -0.225. The average molecular weight is 236 g/mol. The molecule has 1 aromatic carbocycles. The van der Waals surface area contributed by atoms with Crippen LogP contribution in [0.15, 0.2) is 18.2 Å². The molecule has 1 aromatic rings. The largest absolute Gasteiger partial charge is 0.384 e. The fraction of sp³-hybridized carbons (Fsp3) is 0.462. The van der Waals surface area contributed by atoms with Gasteiger partial charge < -0.3 is 10.6 Å². The number of benzene rings is 1. The molecular formula is C13H17FN2O. The molecule has 0 radical (unpaired) electrons. The molecule has 0 unspecified atom stereocenters. The Kier molecular flexibility index (Phi) is 3.61. The Labute approximate surface area is 100 Å². The molecular weight excluding hydrogens is 219 g/mol. The normalized spacial score (nSPS) is 14.5. The third-order valence-electron chi connectivity index (χ3n) is 2.88. The highest BCUT2D eigenvalue weighted by molar-refractivity contribution is 5.77. The van der Waals surface area contributed by atoms with E-state index in [1.165, 1.54) is 6.07 Å². The topological polar surface area (TPSA) is 41.1 Å². The van der Waals surface area contributed by atoms with Gasteiger partial charge in [-0.2, -0.15) is 0 Å². The van der Waals surface area contributed by atoms with Gasteiger partial charge in [-0.1, -0.05) is 6.07 Å². The van der Waals surface area contributed by atoms with Crippen molar-refractivity contribution >= 4 is 11.6 Å². The van der Waals surface area contributed by atoms with Crippen molar-refractivity contribution in [1.29, 1.82) is 0 Å². The van der Waals surface area contributed by atoms with Crippen LogP contribution in [0.2, 0.25) is 0 Å². The van der Waals surface area contributed by atoms with Crippen LogP contribution in [0.25, 0.3) is 0 Å². The Hall–Kier alpha value is -1.58. The molecule has 4 heteroatoms. The second-order valence-electron chi connectivity index (χ2n) is 4.43. The van der Waals surface area contributed by atoms with E-state index in [1.54, 1.807) is 13.0 Å². The highest BCUT2D eigenvalue weighted by Crippen LogP contribution is 2.19. The van der Waals surface area contributed by atoms with Crippen molar-refractivity contribution in [3.8, 4) is 0 Å². The van der Waals surface area contributed by atoms with Crippen LogP contribution < -0.4 is 10.6 Å². The Morgan fingerprint density at radius 3 is 2.94 bits per heavy atom. The molecule has 0 aliphatic heterocycles. The monoisotopic (exact) mass is 236 g/mol. The molecule has 0 heterocycles. The lowest BCUT2D eigenvalue weighted by Crippen LogP contribution is -2.27. The van der Waals surface area contributed by atoms with Crippen LogP contribution in [0.4, 0.5) is 10.1 Å². The predicted octanol–water partition coefficient (Wildman–Crippen LogP) is 2.21. The van der Waals surface area contributed by atoms with Gasteiger partial charge in [0.25, 0.3) is 0 Å². The summed E-state index contributed by atoms with van der Waals surface area (Å²) in [6, 6.07) is 5.31. The van der Waals surface area contributed by atoms with Gasteiger partial charge >= 0.3 is 0 Å². The zero-order valence-corrected chi connectivity index (χ0v) is 9.92. The van der Waals surface area contributed by atoms with E-state index >= 15 is 0 Å². The molecule has 2 rings (SSSR count). The zero-order valence-electron chi connectivity index (χ0n) is 9.92. The quantitative estimate of drug-likeness (QED) is 0.823. The summed E-state index contributed by atoms with van der Waals surface area (Å²) in [4.78, 5) is 11.4. The van der Waals surface area contributed by atoms with Crippen LogP contribution in [0.1, 0.15) is 24.8 Å². The zero-order chi connectivity index (χ0) is 12.3. The second kappa shape index (κ2) is 5.17. The maximum Gasteiger partial charge on any atom is 0.221 e. The Balaban J connectivity index is 1.77. The van der Waals surface area contributed by atoms with Crippen molar-refractivity contribution < 1.29 is 9.18 Å². The first-order valence-corrected chi connectivity index (χ1v) is 5.95. The third-order valence-corrected chi connectivity index (χ3v) is 2.88. The summed E-state index contributed by atoms with van der Waals surface area (Å²) in [6.07, 6.45) is 2.62. The van der Waals surface area contributed by atoms with E-state index in [4.69, 9.17) is 0 Å².